The minimum absolute atomic E-state index is 0.114. The summed E-state index contributed by atoms with van der Waals surface area (Å²) in [6.45, 7) is 7.17. The smallest absolute Gasteiger partial charge is 0.412 e. The van der Waals surface area contributed by atoms with Gasteiger partial charge in [-0.25, -0.2) is 9.78 Å². The fraction of sp³-hybridized carbons (Fsp3) is 0.579. The first-order valence-electron chi connectivity index (χ1n) is 9.88. The van der Waals surface area contributed by atoms with Gasteiger partial charge in [-0.15, -0.1) is 0 Å². The molecule has 164 valence electrons. The van der Waals surface area contributed by atoms with Gasteiger partial charge in [0, 0.05) is 20.1 Å². The Hall–Kier alpha value is -2.14. The van der Waals surface area contributed by atoms with Crippen LogP contribution in [0.5, 0.6) is 0 Å². The lowest BCUT2D eigenvalue weighted by Crippen LogP contribution is -2.28. The summed E-state index contributed by atoms with van der Waals surface area (Å²) in [7, 11) is 1.87. The molecule has 0 aromatic carbocycles. The van der Waals surface area contributed by atoms with Crippen molar-refractivity contribution in [3.63, 3.8) is 0 Å². The van der Waals surface area contributed by atoms with Crippen molar-refractivity contribution in [1.29, 1.82) is 0 Å². The van der Waals surface area contributed by atoms with Crippen LogP contribution in [0.15, 0.2) is 10.1 Å². The van der Waals surface area contributed by atoms with Crippen LogP contribution in [0.4, 0.5) is 21.3 Å². The molecule has 2 amide bonds. The number of nitrogens with one attached hydrogen (secondary N) is 2. The molecule has 0 saturated carbocycles. The minimum Gasteiger partial charge on any atom is -0.444 e. The van der Waals surface area contributed by atoms with Crippen LogP contribution in [0.2, 0.25) is 0 Å². The Kier molecular flexibility index (Phi) is 7.02. The third-order valence-corrected chi connectivity index (χ3v) is 5.91. The van der Waals surface area contributed by atoms with E-state index in [9.17, 15) is 9.59 Å². The number of carbonyl (C=O) groups excluding carboxylic acids is 2. The van der Waals surface area contributed by atoms with Crippen molar-refractivity contribution in [2.24, 2.45) is 7.05 Å². The molecule has 1 fully saturated rings. The highest BCUT2D eigenvalue weighted by Crippen LogP contribution is 2.32. The SMILES string of the molecule is Cn1ncc(NC(=O)c2nc(Br)sc2NC(=O)OC(C)(C)C)c1N1CCCCCC1. The Morgan fingerprint density at radius 3 is 2.47 bits per heavy atom. The van der Waals surface area contributed by atoms with Crippen LogP contribution in [-0.4, -0.2) is 45.5 Å². The zero-order chi connectivity index (χ0) is 21.9. The quantitative estimate of drug-likeness (QED) is 0.637. The van der Waals surface area contributed by atoms with Crippen LogP contribution in [-0.2, 0) is 11.8 Å². The number of nitrogens with zero attached hydrogens (tertiary/aromatic N) is 4. The van der Waals surface area contributed by atoms with Crippen LogP contribution in [0, 0.1) is 0 Å². The van der Waals surface area contributed by atoms with Crippen molar-refractivity contribution in [2.45, 2.75) is 52.1 Å². The van der Waals surface area contributed by atoms with Crippen molar-refractivity contribution in [3.8, 4) is 0 Å². The number of thiazole rings is 1. The van der Waals surface area contributed by atoms with Gasteiger partial charge in [0.2, 0.25) is 0 Å². The second kappa shape index (κ2) is 9.34. The molecule has 2 aromatic rings. The summed E-state index contributed by atoms with van der Waals surface area (Å²) in [6, 6.07) is 0. The Balaban J connectivity index is 1.78. The number of amides is 2. The number of hydrogen-bond donors (Lipinski definition) is 2. The summed E-state index contributed by atoms with van der Waals surface area (Å²) >= 11 is 4.44. The molecule has 0 bridgehead atoms. The Bertz CT molecular complexity index is 912. The van der Waals surface area contributed by atoms with Gasteiger partial charge in [0.1, 0.15) is 16.3 Å². The third-order valence-electron chi connectivity index (χ3n) is 4.49. The van der Waals surface area contributed by atoms with E-state index in [-0.39, 0.29) is 5.69 Å². The molecule has 9 nitrogen and oxygen atoms in total. The van der Waals surface area contributed by atoms with Gasteiger partial charge >= 0.3 is 6.09 Å². The molecule has 3 rings (SSSR count). The van der Waals surface area contributed by atoms with Gasteiger partial charge in [-0.05, 0) is 49.5 Å². The number of carbonyl (C=O) groups is 2. The summed E-state index contributed by atoms with van der Waals surface area (Å²) in [5, 5.41) is 10.2. The molecule has 2 N–H and O–H groups in total. The first-order valence-corrected chi connectivity index (χ1v) is 11.5. The number of aromatic nitrogens is 3. The normalized spacial score (nSPS) is 14.9. The highest BCUT2D eigenvalue weighted by molar-refractivity contribution is 9.11. The molecule has 0 radical (unpaired) electrons. The van der Waals surface area contributed by atoms with Gasteiger partial charge in [0.25, 0.3) is 5.91 Å². The van der Waals surface area contributed by atoms with E-state index in [1.165, 1.54) is 12.8 Å². The molecule has 1 aliphatic rings. The van der Waals surface area contributed by atoms with Gasteiger partial charge in [-0.3, -0.25) is 14.8 Å². The van der Waals surface area contributed by atoms with E-state index in [2.05, 4.69) is 41.5 Å². The fourth-order valence-electron chi connectivity index (χ4n) is 3.29. The first kappa shape index (κ1) is 22.5. The van der Waals surface area contributed by atoms with E-state index in [4.69, 9.17) is 4.74 Å². The maximum Gasteiger partial charge on any atom is 0.412 e. The van der Waals surface area contributed by atoms with Crippen molar-refractivity contribution < 1.29 is 14.3 Å². The van der Waals surface area contributed by atoms with E-state index in [0.717, 1.165) is 43.1 Å². The summed E-state index contributed by atoms with van der Waals surface area (Å²) in [5.41, 5.74) is 0.0896. The molecule has 2 aromatic heterocycles. The van der Waals surface area contributed by atoms with Crippen LogP contribution in [0.25, 0.3) is 0 Å². The van der Waals surface area contributed by atoms with Gasteiger partial charge in [-0.2, -0.15) is 5.10 Å². The third kappa shape index (κ3) is 5.72. The van der Waals surface area contributed by atoms with Crippen LogP contribution in [0.3, 0.4) is 0 Å². The van der Waals surface area contributed by atoms with Crippen molar-refractivity contribution in [3.05, 3.63) is 15.8 Å². The summed E-state index contributed by atoms with van der Waals surface area (Å²) in [5.74, 6) is 0.452. The molecule has 3 heterocycles. The Morgan fingerprint density at radius 1 is 1.17 bits per heavy atom. The molecule has 0 spiro atoms. The van der Waals surface area contributed by atoms with E-state index in [1.54, 1.807) is 31.6 Å². The van der Waals surface area contributed by atoms with Crippen molar-refractivity contribution >= 4 is 55.8 Å². The lowest BCUT2D eigenvalue weighted by atomic mass is 10.2. The molecule has 0 aliphatic carbocycles. The molecule has 1 saturated heterocycles. The van der Waals surface area contributed by atoms with Gasteiger partial charge in [0.15, 0.2) is 15.4 Å². The Morgan fingerprint density at radius 2 is 1.83 bits per heavy atom. The fourth-order valence-corrected chi connectivity index (χ4v) is 4.62. The standard InChI is InChI=1S/C19H27BrN6O3S/c1-19(2,3)29-18(28)24-15-13(23-17(20)30-15)14(27)22-12-11-21-25(4)16(12)26-9-7-5-6-8-10-26/h11H,5-10H2,1-4H3,(H,22,27)(H,24,28). The average molecular weight is 499 g/mol. The minimum atomic E-state index is -0.647. The number of rotatable bonds is 4. The number of halogens is 1. The molecular formula is C19H27BrN6O3S. The number of anilines is 3. The maximum atomic E-state index is 13.0. The molecule has 30 heavy (non-hydrogen) atoms. The van der Waals surface area contributed by atoms with E-state index >= 15 is 0 Å². The van der Waals surface area contributed by atoms with E-state index in [0.29, 0.717) is 14.6 Å². The predicted octanol–water partition coefficient (Wildman–Crippen LogP) is 4.62. The molecule has 0 unspecified atom stereocenters. The number of ether oxygens (including phenoxy) is 1. The van der Waals surface area contributed by atoms with Gasteiger partial charge < -0.3 is 15.0 Å². The second-order valence-electron chi connectivity index (χ2n) is 8.13. The van der Waals surface area contributed by atoms with E-state index in [1.807, 2.05) is 7.05 Å². The van der Waals surface area contributed by atoms with Crippen LogP contribution in [0.1, 0.15) is 56.9 Å². The monoisotopic (exact) mass is 498 g/mol. The lowest BCUT2D eigenvalue weighted by Gasteiger charge is -2.24. The van der Waals surface area contributed by atoms with E-state index < -0.39 is 17.6 Å². The number of hydrogen-bond acceptors (Lipinski definition) is 7. The summed E-state index contributed by atoms with van der Waals surface area (Å²) in [4.78, 5) is 31.6. The first-order chi connectivity index (χ1) is 14.1. The maximum absolute atomic E-state index is 13.0. The van der Waals surface area contributed by atoms with Gasteiger partial charge in [-0.1, -0.05) is 24.2 Å². The van der Waals surface area contributed by atoms with Crippen LogP contribution < -0.4 is 15.5 Å². The lowest BCUT2D eigenvalue weighted by molar-refractivity contribution is 0.0636. The largest absolute Gasteiger partial charge is 0.444 e. The molecule has 11 heteroatoms. The van der Waals surface area contributed by atoms with Crippen molar-refractivity contribution in [1.82, 2.24) is 14.8 Å². The topological polar surface area (TPSA) is 101 Å². The predicted molar refractivity (Wildman–Crippen MR) is 122 cm³/mol. The number of aryl methyl sites for hydroxylation is 1. The highest BCUT2D eigenvalue weighted by Gasteiger charge is 2.25. The summed E-state index contributed by atoms with van der Waals surface area (Å²) in [6.07, 6.45) is 5.65. The van der Waals surface area contributed by atoms with Crippen molar-refractivity contribution in [2.75, 3.05) is 28.6 Å². The molecule has 0 atom stereocenters. The summed E-state index contributed by atoms with van der Waals surface area (Å²) < 4.78 is 7.54. The van der Waals surface area contributed by atoms with Gasteiger partial charge in [0.05, 0.1) is 6.20 Å². The molecule has 1 aliphatic heterocycles. The average Bonchev–Trinajstić information content (AvgIpc) is 3.05. The molecular weight excluding hydrogens is 472 g/mol. The zero-order valence-electron chi connectivity index (χ0n) is 17.6. The zero-order valence-corrected chi connectivity index (χ0v) is 20.0. The second-order valence-corrected chi connectivity index (χ2v) is 10.4. The highest BCUT2D eigenvalue weighted by atomic mass is 79.9. The Labute approximate surface area is 188 Å². The van der Waals surface area contributed by atoms with Crippen LogP contribution >= 0.6 is 27.3 Å².